The van der Waals surface area contributed by atoms with Crippen LogP contribution >= 0.6 is 0 Å². The number of benzene rings is 1. The van der Waals surface area contributed by atoms with E-state index in [4.69, 9.17) is 4.89 Å². The molecule has 1 atom stereocenters. The second kappa shape index (κ2) is 5.70. The van der Waals surface area contributed by atoms with Crippen molar-refractivity contribution in [3.8, 4) is 0 Å². The quantitative estimate of drug-likeness (QED) is 0.633. The van der Waals surface area contributed by atoms with Gasteiger partial charge in [-0.25, -0.2) is 4.79 Å². The molecule has 20 heavy (non-hydrogen) atoms. The van der Waals surface area contributed by atoms with Crippen molar-refractivity contribution >= 4 is 11.7 Å². The highest BCUT2D eigenvalue weighted by atomic mass is 19.4. The molecule has 0 bridgehead atoms. The van der Waals surface area contributed by atoms with Crippen LogP contribution in [0.3, 0.4) is 0 Å². The first kappa shape index (κ1) is 14.6. The minimum absolute atomic E-state index is 0.326. The Kier molecular flexibility index (Phi) is 4.17. The molecule has 1 saturated heterocycles. The molecule has 7 heteroatoms. The number of carbonyl (C=O) groups is 1. The Bertz CT molecular complexity index is 490. The van der Waals surface area contributed by atoms with E-state index in [0.29, 0.717) is 25.2 Å². The van der Waals surface area contributed by atoms with Gasteiger partial charge in [-0.05, 0) is 24.6 Å². The van der Waals surface area contributed by atoms with Crippen molar-refractivity contribution in [1.82, 2.24) is 0 Å². The molecule has 1 aromatic carbocycles. The maximum atomic E-state index is 12.6. The summed E-state index contributed by atoms with van der Waals surface area (Å²) in [5.41, 5.74) is -0.201. The second-order valence-corrected chi connectivity index (χ2v) is 4.58. The van der Waals surface area contributed by atoms with E-state index < -0.39 is 17.7 Å². The zero-order chi connectivity index (χ0) is 14.8. The van der Waals surface area contributed by atoms with Crippen LogP contribution in [0.5, 0.6) is 0 Å². The molecule has 0 aliphatic carbocycles. The summed E-state index contributed by atoms with van der Waals surface area (Å²) in [6.07, 6.45) is -4.10. The summed E-state index contributed by atoms with van der Waals surface area (Å²) < 4.78 is 37.9. The number of anilines is 1. The van der Waals surface area contributed by atoms with Crippen LogP contribution in [0.4, 0.5) is 18.9 Å². The van der Waals surface area contributed by atoms with Crippen LogP contribution in [0.2, 0.25) is 0 Å². The zero-order valence-corrected chi connectivity index (χ0v) is 10.8. The van der Waals surface area contributed by atoms with Gasteiger partial charge in [0.1, 0.15) is 6.10 Å². The van der Waals surface area contributed by atoms with Crippen molar-refractivity contribution in [2.45, 2.75) is 25.6 Å². The average molecular weight is 289 g/mol. The summed E-state index contributed by atoms with van der Waals surface area (Å²) in [5, 5.41) is 0. The SMILES string of the molecule is CC(=O)OOC1CCN(c2cccc(C(F)(F)F)c2)C1. The van der Waals surface area contributed by atoms with Gasteiger partial charge < -0.3 is 4.90 Å². The normalized spacial score (nSPS) is 19.2. The molecule has 1 aliphatic heterocycles. The van der Waals surface area contributed by atoms with Gasteiger partial charge in [-0.2, -0.15) is 18.1 Å². The van der Waals surface area contributed by atoms with Crippen LogP contribution in [0.15, 0.2) is 24.3 Å². The van der Waals surface area contributed by atoms with E-state index in [-0.39, 0.29) is 6.10 Å². The largest absolute Gasteiger partial charge is 0.416 e. The molecule has 0 amide bonds. The molecule has 1 aliphatic rings. The van der Waals surface area contributed by atoms with Crippen LogP contribution in [0.1, 0.15) is 18.9 Å². The van der Waals surface area contributed by atoms with Gasteiger partial charge in [-0.3, -0.25) is 4.89 Å². The number of hydrogen-bond donors (Lipinski definition) is 0. The highest BCUT2D eigenvalue weighted by molar-refractivity contribution is 5.65. The molecule has 0 spiro atoms. The topological polar surface area (TPSA) is 38.8 Å². The smallest absolute Gasteiger partial charge is 0.369 e. The average Bonchev–Trinajstić information content (AvgIpc) is 2.84. The standard InChI is InChI=1S/C13H14F3NO3/c1-9(18)19-20-12-5-6-17(8-12)11-4-2-3-10(7-11)13(14,15)16/h2-4,7,12H,5-6,8H2,1H3. The van der Waals surface area contributed by atoms with Gasteiger partial charge in [-0.15, -0.1) is 0 Å². The van der Waals surface area contributed by atoms with Crippen LogP contribution in [0.25, 0.3) is 0 Å². The van der Waals surface area contributed by atoms with Crippen molar-refractivity contribution in [3.63, 3.8) is 0 Å². The van der Waals surface area contributed by atoms with Crippen LogP contribution < -0.4 is 4.90 Å². The molecule has 4 nitrogen and oxygen atoms in total. The summed E-state index contributed by atoms with van der Waals surface area (Å²) in [7, 11) is 0. The molecular formula is C13H14F3NO3. The highest BCUT2D eigenvalue weighted by Crippen LogP contribution is 2.32. The zero-order valence-electron chi connectivity index (χ0n) is 10.8. The highest BCUT2D eigenvalue weighted by Gasteiger charge is 2.32. The number of nitrogens with zero attached hydrogens (tertiary/aromatic N) is 1. The first-order valence-electron chi connectivity index (χ1n) is 6.12. The molecule has 2 rings (SSSR count). The minimum atomic E-state index is -4.36. The fourth-order valence-electron chi connectivity index (χ4n) is 2.06. The molecule has 0 radical (unpaired) electrons. The Morgan fingerprint density at radius 2 is 2.15 bits per heavy atom. The Balaban J connectivity index is 2.01. The molecule has 1 fully saturated rings. The van der Waals surface area contributed by atoms with E-state index in [9.17, 15) is 18.0 Å². The van der Waals surface area contributed by atoms with Crippen LogP contribution in [-0.4, -0.2) is 25.2 Å². The third-order valence-electron chi connectivity index (χ3n) is 2.99. The number of halogens is 3. The lowest BCUT2D eigenvalue weighted by Gasteiger charge is -2.19. The fourth-order valence-corrected chi connectivity index (χ4v) is 2.06. The van der Waals surface area contributed by atoms with Gasteiger partial charge >= 0.3 is 12.1 Å². The van der Waals surface area contributed by atoms with Crippen molar-refractivity contribution in [3.05, 3.63) is 29.8 Å². The Hall–Kier alpha value is -1.76. The lowest BCUT2D eigenvalue weighted by molar-refractivity contribution is -0.291. The number of alkyl halides is 3. The Morgan fingerprint density at radius 3 is 2.80 bits per heavy atom. The van der Waals surface area contributed by atoms with E-state index in [0.717, 1.165) is 12.1 Å². The van der Waals surface area contributed by atoms with Crippen molar-refractivity contribution in [1.29, 1.82) is 0 Å². The summed E-state index contributed by atoms with van der Waals surface area (Å²) in [4.78, 5) is 21.7. The van der Waals surface area contributed by atoms with Gasteiger partial charge in [0.2, 0.25) is 0 Å². The predicted octanol–water partition coefficient (Wildman–Crippen LogP) is 2.78. The predicted molar refractivity (Wildman–Crippen MR) is 64.9 cm³/mol. The molecule has 0 saturated carbocycles. The van der Waals surface area contributed by atoms with Crippen molar-refractivity contribution in [2.75, 3.05) is 18.0 Å². The number of hydrogen-bond acceptors (Lipinski definition) is 4. The third kappa shape index (κ3) is 3.63. The molecule has 1 aromatic rings. The monoisotopic (exact) mass is 289 g/mol. The van der Waals surface area contributed by atoms with Crippen molar-refractivity contribution < 1.29 is 27.7 Å². The van der Waals surface area contributed by atoms with E-state index in [1.54, 1.807) is 11.0 Å². The summed E-state index contributed by atoms with van der Waals surface area (Å²) in [6.45, 7) is 2.15. The summed E-state index contributed by atoms with van der Waals surface area (Å²) >= 11 is 0. The number of carbonyl (C=O) groups excluding carboxylic acids is 1. The van der Waals surface area contributed by atoms with Crippen LogP contribution in [0, 0.1) is 0 Å². The molecule has 1 unspecified atom stereocenters. The molecule has 0 N–H and O–H groups in total. The minimum Gasteiger partial charge on any atom is -0.369 e. The maximum absolute atomic E-state index is 12.6. The summed E-state index contributed by atoms with van der Waals surface area (Å²) in [6, 6.07) is 5.13. The Morgan fingerprint density at radius 1 is 1.40 bits per heavy atom. The van der Waals surface area contributed by atoms with Gasteiger partial charge in [0.25, 0.3) is 0 Å². The lowest BCUT2D eigenvalue weighted by atomic mass is 10.2. The van der Waals surface area contributed by atoms with Crippen molar-refractivity contribution in [2.24, 2.45) is 0 Å². The van der Waals surface area contributed by atoms with E-state index in [1.807, 2.05) is 0 Å². The molecule has 1 heterocycles. The van der Waals surface area contributed by atoms with Gasteiger partial charge in [0.05, 0.1) is 5.56 Å². The summed E-state index contributed by atoms with van der Waals surface area (Å²) in [5.74, 6) is -0.553. The first-order valence-corrected chi connectivity index (χ1v) is 6.12. The fraction of sp³-hybridized carbons (Fsp3) is 0.462. The Labute approximate surface area is 114 Å². The second-order valence-electron chi connectivity index (χ2n) is 4.58. The van der Waals surface area contributed by atoms with E-state index in [1.165, 1.54) is 13.0 Å². The molecule has 0 aromatic heterocycles. The van der Waals surface area contributed by atoms with Gasteiger partial charge in [0, 0.05) is 25.7 Å². The van der Waals surface area contributed by atoms with E-state index >= 15 is 0 Å². The maximum Gasteiger partial charge on any atom is 0.416 e. The number of rotatable bonds is 3. The van der Waals surface area contributed by atoms with E-state index in [2.05, 4.69) is 4.89 Å². The van der Waals surface area contributed by atoms with Gasteiger partial charge in [-0.1, -0.05) is 6.07 Å². The molecule has 110 valence electrons. The van der Waals surface area contributed by atoms with Gasteiger partial charge in [0.15, 0.2) is 0 Å². The lowest BCUT2D eigenvalue weighted by Crippen LogP contribution is -2.23. The third-order valence-corrected chi connectivity index (χ3v) is 2.99. The van der Waals surface area contributed by atoms with Crippen LogP contribution in [-0.2, 0) is 20.7 Å². The first-order chi connectivity index (χ1) is 9.36. The molecular weight excluding hydrogens is 275 g/mol.